The fourth-order valence-corrected chi connectivity index (χ4v) is 2.21. The number of nitrogens with one attached hydrogen (secondary N) is 3. The van der Waals surface area contributed by atoms with E-state index in [2.05, 4.69) is 16.0 Å². The van der Waals surface area contributed by atoms with Gasteiger partial charge in [-0.05, 0) is 13.5 Å². The maximum Gasteiger partial charge on any atom is 0.249 e. The molecule has 3 amide bonds. The van der Waals surface area contributed by atoms with Gasteiger partial charge in [0, 0.05) is 12.5 Å². The first kappa shape index (κ1) is 13.0. The highest BCUT2D eigenvalue weighted by Gasteiger charge is 2.36. The number of likely N-dealkylation sites (N-methyl/N-ethyl adjacent to an activating group) is 1. The first-order valence-electron chi connectivity index (χ1n) is 6.01. The Kier molecular flexibility index (Phi) is 3.93. The molecule has 2 rings (SSSR count). The molecule has 0 aromatic heterocycles. The molecule has 0 saturated carbocycles. The van der Waals surface area contributed by atoms with Gasteiger partial charge in [0.25, 0.3) is 0 Å². The van der Waals surface area contributed by atoms with Gasteiger partial charge in [-0.1, -0.05) is 0 Å². The van der Waals surface area contributed by atoms with Crippen molar-refractivity contribution in [3.63, 3.8) is 0 Å². The molecule has 3 atom stereocenters. The minimum atomic E-state index is -0.617. The monoisotopic (exact) mass is 255 g/mol. The molecule has 2 saturated heterocycles. The maximum atomic E-state index is 12.0. The number of carbonyl (C=O) groups is 3. The number of rotatable bonds is 3. The highest BCUT2D eigenvalue weighted by Crippen LogP contribution is 2.14. The van der Waals surface area contributed by atoms with Gasteiger partial charge in [0.2, 0.25) is 17.7 Å². The summed E-state index contributed by atoms with van der Waals surface area (Å²) in [5.74, 6) is -1.22. The highest BCUT2D eigenvalue weighted by molar-refractivity contribution is 6.01. The first-order valence-corrected chi connectivity index (χ1v) is 6.01. The van der Waals surface area contributed by atoms with E-state index in [0.29, 0.717) is 19.6 Å². The van der Waals surface area contributed by atoms with Crippen molar-refractivity contribution >= 4 is 17.7 Å². The number of piperidine rings is 1. The summed E-state index contributed by atoms with van der Waals surface area (Å²) in [6.45, 7) is 0.842. The summed E-state index contributed by atoms with van der Waals surface area (Å²) in [7, 11) is 1.77. The van der Waals surface area contributed by atoms with Gasteiger partial charge in [-0.3, -0.25) is 19.7 Å². The van der Waals surface area contributed by atoms with Crippen LogP contribution in [0.25, 0.3) is 0 Å². The zero-order chi connectivity index (χ0) is 13.1. The van der Waals surface area contributed by atoms with Gasteiger partial charge in [-0.15, -0.1) is 0 Å². The van der Waals surface area contributed by atoms with Crippen molar-refractivity contribution in [1.82, 2.24) is 16.0 Å². The molecule has 0 aromatic rings. The average Bonchev–Trinajstić information content (AvgIpc) is 2.81. The molecule has 100 valence electrons. The zero-order valence-corrected chi connectivity index (χ0v) is 10.2. The molecule has 3 unspecified atom stereocenters. The van der Waals surface area contributed by atoms with E-state index in [-0.39, 0.29) is 30.2 Å². The topological polar surface area (TPSA) is 96.5 Å². The van der Waals surface area contributed by atoms with Gasteiger partial charge >= 0.3 is 0 Å². The third kappa shape index (κ3) is 2.68. The van der Waals surface area contributed by atoms with Crippen LogP contribution in [-0.2, 0) is 19.1 Å². The Hall–Kier alpha value is -1.47. The van der Waals surface area contributed by atoms with Crippen molar-refractivity contribution < 1.29 is 19.1 Å². The molecule has 2 aliphatic heterocycles. The highest BCUT2D eigenvalue weighted by atomic mass is 16.5. The lowest BCUT2D eigenvalue weighted by atomic mass is 10.0. The van der Waals surface area contributed by atoms with Crippen molar-refractivity contribution in [1.29, 1.82) is 0 Å². The Morgan fingerprint density at radius 1 is 1.39 bits per heavy atom. The number of ether oxygens (including phenoxy) is 1. The summed E-state index contributed by atoms with van der Waals surface area (Å²) < 4.78 is 5.24. The predicted octanol–water partition coefficient (Wildman–Crippen LogP) is -1.86. The predicted molar refractivity (Wildman–Crippen MR) is 61.5 cm³/mol. The molecule has 2 fully saturated rings. The third-order valence-corrected chi connectivity index (χ3v) is 3.34. The number of imide groups is 1. The summed E-state index contributed by atoms with van der Waals surface area (Å²) in [5.41, 5.74) is 0. The SMILES string of the molecule is CNC1COCC1C(=O)NC1CCC(=O)NC1=O. The van der Waals surface area contributed by atoms with E-state index in [4.69, 9.17) is 4.74 Å². The molecular formula is C11H17N3O4. The number of hydrogen-bond donors (Lipinski definition) is 3. The second-order valence-electron chi connectivity index (χ2n) is 4.55. The standard InChI is InChI=1S/C11H17N3O4/c1-12-8-5-18-4-6(8)10(16)13-7-2-3-9(15)14-11(7)17/h6-8,12H,2-5H2,1H3,(H,13,16)(H,14,15,17). The summed E-state index contributed by atoms with van der Waals surface area (Å²) in [5, 5.41) is 7.89. The Balaban J connectivity index is 1.91. The minimum Gasteiger partial charge on any atom is -0.379 e. The second kappa shape index (κ2) is 5.45. The van der Waals surface area contributed by atoms with Gasteiger partial charge in [0.1, 0.15) is 6.04 Å². The minimum absolute atomic E-state index is 0.0294. The fraction of sp³-hybridized carbons (Fsp3) is 0.727. The van der Waals surface area contributed by atoms with Gasteiger partial charge in [-0.25, -0.2) is 0 Å². The van der Waals surface area contributed by atoms with Gasteiger partial charge in [-0.2, -0.15) is 0 Å². The van der Waals surface area contributed by atoms with Crippen LogP contribution in [0.15, 0.2) is 0 Å². The number of amides is 3. The smallest absolute Gasteiger partial charge is 0.249 e. The zero-order valence-electron chi connectivity index (χ0n) is 10.2. The first-order chi connectivity index (χ1) is 8.61. The average molecular weight is 255 g/mol. The molecular weight excluding hydrogens is 238 g/mol. The molecule has 0 aromatic carbocycles. The van der Waals surface area contributed by atoms with Crippen molar-refractivity contribution in [2.75, 3.05) is 20.3 Å². The lowest BCUT2D eigenvalue weighted by Gasteiger charge is -2.24. The summed E-state index contributed by atoms with van der Waals surface area (Å²) in [6, 6.07) is -0.647. The number of hydrogen-bond acceptors (Lipinski definition) is 5. The Morgan fingerprint density at radius 3 is 2.83 bits per heavy atom. The molecule has 0 spiro atoms. The molecule has 2 heterocycles. The van der Waals surface area contributed by atoms with E-state index in [1.165, 1.54) is 0 Å². The lowest BCUT2D eigenvalue weighted by Crippen LogP contribution is -2.55. The quantitative estimate of drug-likeness (QED) is 0.514. The van der Waals surface area contributed by atoms with E-state index >= 15 is 0 Å². The van der Waals surface area contributed by atoms with Crippen LogP contribution in [0.3, 0.4) is 0 Å². The fourth-order valence-electron chi connectivity index (χ4n) is 2.21. The molecule has 0 aliphatic carbocycles. The van der Waals surface area contributed by atoms with E-state index < -0.39 is 11.9 Å². The lowest BCUT2D eigenvalue weighted by molar-refractivity contribution is -0.138. The van der Waals surface area contributed by atoms with Crippen molar-refractivity contribution in [3.8, 4) is 0 Å². The van der Waals surface area contributed by atoms with Crippen molar-refractivity contribution in [2.24, 2.45) is 5.92 Å². The largest absolute Gasteiger partial charge is 0.379 e. The molecule has 3 N–H and O–H groups in total. The molecule has 0 bridgehead atoms. The van der Waals surface area contributed by atoms with Crippen LogP contribution in [-0.4, -0.2) is 50.1 Å². The van der Waals surface area contributed by atoms with Gasteiger partial charge < -0.3 is 15.4 Å². The van der Waals surface area contributed by atoms with E-state index in [1.54, 1.807) is 7.05 Å². The summed E-state index contributed by atoms with van der Waals surface area (Å²) in [6.07, 6.45) is 0.613. The molecule has 7 heteroatoms. The molecule has 18 heavy (non-hydrogen) atoms. The Labute approximate surface area is 105 Å². The molecule has 7 nitrogen and oxygen atoms in total. The van der Waals surface area contributed by atoms with Crippen LogP contribution in [0.4, 0.5) is 0 Å². The van der Waals surface area contributed by atoms with Crippen LogP contribution >= 0.6 is 0 Å². The Bertz CT molecular complexity index is 371. The van der Waals surface area contributed by atoms with Crippen LogP contribution in [0, 0.1) is 5.92 Å². The van der Waals surface area contributed by atoms with Crippen molar-refractivity contribution in [2.45, 2.75) is 24.9 Å². The third-order valence-electron chi connectivity index (χ3n) is 3.34. The van der Waals surface area contributed by atoms with E-state index in [0.717, 1.165) is 0 Å². The second-order valence-corrected chi connectivity index (χ2v) is 4.55. The van der Waals surface area contributed by atoms with Gasteiger partial charge in [0.05, 0.1) is 19.1 Å². The Morgan fingerprint density at radius 2 is 2.17 bits per heavy atom. The van der Waals surface area contributed by atoms with Crippen LogP contribution < -0.4 is 16.0 Å². The summed E-state index contributed by atoms with van der Waals surface area (Å²) >= 11 is 0. The maximum absolute atomic E-state index is 12.0. The van der Waals surface area contributed by atoms with Crippen molar-refractivity contribution in [3.05, 3.63) is 0 Å². The normalized spacial score (nSPS) is 32.2. The van der Waals surface area contributed by atoms with E-state index in [1.807, 2.05) is 0 Å². The van der Waals surface area contributed by atoms with Crippen LogP contribution in [0.5, 0.6) is 0 Å². The van der Waals surface area contributed by atoms with Crippen LogP contribution in [0.1, 0.15) is 12.8 Å². The van der Waals surface area contributed by atoms with E-state index in [9.17, 15) is 14.4 Å². The summed E-state index contributed by atoms with van der Waals surface area (Å²) in [4.78, 5) is 34.5. The molecule has 2 aliphatic rings. The van der Waals surface area contributed by atoms with Gasteiger partial charge in [0.15, 0.2) is 0 Å². The molecule has 0 radical (unpaired) electrons. The van der Waals surface area contributed by atoms with Crippen LogP contribution in [0.2, 0.25) is 0 Å². The number of carbonyl (C=O) groups excluding carboxylic acids is 3.